The van der Waals surface area contributed by atoms with Crippen LogP contribution in [-0.2, 0) is 0 Å². The van der Waals surface area contributed by atoms with Crippen LogP contribution in [0.5, 0.6) is 0 Å². The normalized spacial score (nSPS) is 12.1. The second kappa shape index (κ2) is 10.6. The number of hydrogen-bond donors (Lipinski definition) is 0. The minimum absolute atomic E-state index is 0.923. The van der Waals surface area contributed by atoms with E-state index in [4.69, 9.17) is 11.4 Å². The molecule has 0 unspecified atom stereocenters. The van der Waals surface area contributed by atoms with Gasteiger partial charge in [-0.2, -0.15) is 0 Å². The van der Waals surface area contributed by atoms with E-state index in [1.54, 1.807) is 0 Å². The molecule has 0 aliphatic heterocycles. The molecule has 0 fully saturated rings. The van der Waals surface area contributed by atoms with Crippen molar-refractivity contribution in [2.45, 2.75) is 59.3 Å². The van der Waals surface area contributed by atoms with Crippen LogP contribution in [0, 0.1) is 19.3 Å². The van der Waals surface area contributed by atoms with Gasteiger partial charge in [0.15, 0.2) is 0 Å². The van der Waals surface area contributed by atoms with Gasteiger partial charge in [0.25, 0.3) is 0 Å². The molecule has 0 aliphatic carbocycles. The Balaban J connectivity index is 3.13. The van der Waals surface area contributed by atoms with Crippen LogP contribution in [0.1, 0.15) is 69.1 Å². The van der Waals surface area contributed by atoms with Crippen LogP contribution in [-0.4, -0.2) is 5.71 Å². The minimum Gasteiger partial charge on any atom is -0.260 e. The lowest BCUT2D eigenvalue weighted by atomic mass is 9.98. The largest absolute Gasteiger partial charge is 0.260 e. The lowest BCUT2D eigenvalue weighted by Gasteiger charge is -2.10. The molecule has 0 aliphatic rings. The first-order valence-electron chi connectivity index (χ1n) is 8.62. The number of hydrogen-bond acceptors (Lipinski definition) is 1. The van der Waals surface area contributed by atoms with Gasteiger partial charge in [0.2, 0.25) is 0 Å². The molecule has 0 saturated heterocycles. The van der Waals surface area contributed by atoms with E-state index < -0.39 is 0 Å². The SMILES string of the molecule is C#Cc1ccc(/C(CCCC)=N/C=C(\C=C)CCCC)c(C)c1. The van der Waals surface area contributed by atoms with E-state index in [1.165, 1.54) is 29.5 Å². The lowest BCUT2D eigenvalue weighted by molar-refractivity contribution is 0.796. The zero-order valence-corrected chi connectivity index (χ0v) is 14.9. The number of aryl methyl sites for hydroxylation is 1. The monoisotopic (exact) mass is 307 g/mol. The summed E-state index contributed by atoms with van der Waals surface area (Å²) >= 11 is 0. The summed E-state index contributed by atoms with van der Waals surface area (Å²) in [6.45, 7) is 10.4. The Bertz CT molecular complexity index is 611. The fourth-order valence-electron chi connectivity index (χ4n) is 2.45. The van der Waals surface area contributed by atoms with E-state index in [9.17, 15) is 0 Å². The maximum Gasteiger partial charge on any atom is 0.0478 e. The molecule has 1 aromatic rings. The van der Waals surface area contributed by atoms with Gasteiger partial charge in [-0.15, -0.1) is 6.42 Å². The molecular weight excluding hydrogens is 278 g/mol. The molecule has 122 valence electrons. The summed E-state index contributed by atoms with van der Waals surface area (Å²) < 4.78 is 0. The van der Waals surface area contributed by atoms with E-state index in [0.29, 0.717) is 0 Å². The molecule has 0 heterocycles. The molecule has 0 saturated carbocycles. The van der Waals surface area contributed by atoms with Crippen LogP contribution in [0.4, 0.5) is 0 Å². The van der Waals surface area contributed by atoms with E-state index in [-0.39, 0.29) is 0 Å². The van der Waals surface area contributed by atoms with Crippen molar-refractivity contribution >= 4 is 5.71 Å². The van der Waals surface area contributed by atoms with E-state index >= 15 is 0 Å². The molecule has 1 nitrogen and oxygen atoms in total. The molecule has 0 atom stereocenters. The molecular formula is C22H29N. The van der Waals surface area contributed by atoms with Gasteiger partial charge in [-0.25, -0.2) is 0 Å². The van der Waals surface area contributed by atoms with Crippen LogP contribution >= 0.6 is 0 Å². The third-order valence-electron chi connectivity index (χ3n) is 3.94. The molecule has 1 heteroatoms. The summed E-state index contributed by atoms with van der Waals surface area (Å²) in [4.78, 5) is 4.80. The number of terminal acetylenes is 1. The number of benzene rings is 1. The second-order valence-electron chi connectivity index (χ2n) is 5.87. The average molecular weight is 307 g/mol. The van der Waals surface area contributed by atoms with Gasteiger partial charge in [-0.3, -0.25) is 4.99 Å². The van der Waals surface area contributed by atoms with Crippen molar-refractivity contribution < 1.29 is 0 Å². The summed E-state index contributed by atoms with van der Waals surface area (Å²) in [5.41, 5.74) is 5.67. The maximum atomic E-state index is 5.49. The third kappa shape index (κ3) is 6.28. The first-order chi connectivity index (χ1) is 11.2. The number of rotatable bonds is 9. The van der Waals surface area contributed by atoms with Crippen molar-refractivity contribution in [1.82, 2.24) is 0 Å². The summed E-state index contributed by atoms with van der Waals surface area (Å²) in [5, 5.41) is 0. The van der Waals surface area contributed by atoms with Gasteiger partial charge in [0, 0.05) is 17.5 Å². The van der Waals surface area contributed by atoms with Gasteiger partial charge in [-0.1, -0.05) is 51.3 Å². The van der Waals surface area contributed by atoms with Gasteiger partial charge < -0.3 is 0 Å². The average Bonchev–Trinajstić information content (AvgIpc) is 2.57. The maximum absolute atomic E-state index is 5.49. The van der Waals surface area contributed by atoms with Crippen molar-refractivity contribution in [3.63, 3.8) is 0 Å². The minimum atomic E-state index is 0.923. The topological polar surface area (TPSA) is 12.4 Å². The second-order valence-corrected chi connectivity index (χ2v) is 5.87. The van der Waals surface area contributed by atoms with Crippen LogP contribution < -0.4 is 0 Å². The quantitative estimate of drug-likeness (QED) is 0.292. The predicted molar refractivity (Wildman–Crippen MR) is 103 cm³/mol. The highest BCUT2D eigenvalue weighted by atomic mass is 14.7. The molecule has 0 spiro atoms. The fourth-order valence-corrected chi connectivity index (χ4v) is 2.45. The van der Waals surface area contributed by atoms with Crippen molar-refractivity contribution in [1.29, 1.82) is 0 Å². The Hall–Kier alpha value is -2.07. The standard InChI is InChI=1S/C22H29N/c1-6-10-12-20(9-4)17-23-22(13-11-7-2)21-15-14-19(8-3)16-18(21)5/h3,9,14-17H,4,6-7,10-13H2,1-2,5H3/b20-17+,23-22+. The zero-order valence-electron chi connectivity index (χ0n) is 14.9. The Morgan fingerprint density at radius 2 is 1.91 bits per heavy atom. The van der Waals surface area contributed by atoms with Crippen LogP contribution in [0.15, 0.2) is 47.6 Å². The number of unbranched alkanes of at least 4 members (excludes halogenated alkanes) is 2. The predicted octanol–water partition coefficient (Wildman–Crippen LogP) is 6.22. The van der Waals surface area contributed by atoms with Crippen LogP contribution in [0.2, 0.25) is 0 Å². The van der Waals surface area contributed by atoms with Gasteiger partial charge in [-0.05, 0) is 61.4 Å². The van der Waals surface area contributed by atoms with Crippen molar-refractivity contribution in [2.24, 2.45) is 4.99 Å². The van der Waals surface area contributed by atoms with Crippen molar-refractivity contribution in [3.8, 4) is 12.3 Å². The number of allylic oxidation sites excluding steroid dienone is 2. The molecule has 0 bridgehead atoms. The Morgan fingerprint density at radius 3 is 2.48 bits per heavy atom. The highest BCUT2D eigenvalue weighted by Gasteiger charge is 2.07. The van der Waals surface area contributed by atoms with E-state index in [2.05, 4.69) is 45.4 Å². The molecule has 0 aromatic heterocycles. The van der Waals surface area contributed by atoms with Crippen LogP contribution in [0.3, 0.4) is 0 Å². The molecule has 23 heavy (non-hydrogen) atoms. The molecule has 0 radical (unpaired) electrons. The van der Waals surface area contributed by atoms with E-state index in [0.717, 1.165) is 37.0 Å². The summed E-state index contributed by atoms with van der Waals surface area (Å²) in [5.74, 6) is 2.69. The van der Waals surface area contributed by atoms with Crippen molar-refractivity contribution in [3.05, 3.63) is 59.3 Å². The van der Waals surface area contributed by atoms with E-state index in [1.807, 2.05) is 18.3 Å². The zero-order chi connectivity index (χ0) is 17.1. The van der Waals surface area contributed by atoms with Crippen LogP contribution in [0.25, 0.3) is 0 Å². The lowest BCUT2D eigenvalue weighted by Crippen LogP contribution is -2.03. The fraction of sp³-hybridized carbons (Fsp3) is 0.409. The molecule has 0 N–H and O–H groups in total. The number of nitrogens with zero attached hydrogens (tertiary/aromatic N) is 1. The summed E-state index contributed by atoms with van der Waals surface area (Å²) in [6.07, 6.45) is 16.1. The Kier molecular flexibility index (Phi) is 8.76. The summed E-state index contributed by atoms with van der Waals surface area (Å²) in [7, 11) is 0. The first kappa shape index (κ1) is 19.0. The third-order valence-corrected chi connectivity index (χ3v) is 3.94. The molecule has 1 rings (SSSR count). The highest BCUT2D eigenvalue weighted by molar-refractivity contribution is 6.02. The smallest absolute Gasteiger partial charge is 0.0478 e. The van der Waals surface area contributed by atoms with Gasteiger partial charge in [0.05, 0.1) is 0 Å². The van der Waals surface area contributed by atoms with Gasteiger partial charge in [0.1, 0.15) is 0 Å². The Labute approximate surface area is 142 Å². The molecule has 1 aromatic carbocycles. The number of aliphatic imine (C=N–C) groups is 1. The van der Waals surface area contributed by atoms with Crippen molar-refractivity contribution in [2.75, 3.05) is 0 Å². The molecule has 0 amide bonds. The first-order valence-corrected chi connectivity index (χ1v) is 8.62. The summed E-state index contributed by atoms with van der Waals surface area (Å²) in [6, 6.07) is 6.16. The van der Waals surface area contributed by atoms with Gasteiger partial charge >= 0.3 is 0 Å². The highest BCUT2D eigenvalue weighted by Crippen LogP contribution is 2.17. The Morgan fingerprint density at radius 1 is 1.22 bits per heavy atom.